The molecule has 3 nitrogen and oxygen atoms in total. The predicted molar refractivity (Wildman–Crippen MR) is 89.0 cm³/mol. The van der Waals surface area contributed by atoms with E-state index in [0.29, 0.717) is 15.9 Å². The third-order valence-electron chi connectivity index (χ3n) is 3.00. The zero-order chi connectivity index (χ0) is 15.0. The number of fused-ring (bicyclic) bond motifs is 1. The van der Waals surface area contributed by atoms with Gasteiger partial charge in [0.25, 0.3) is 0 Å². The van der Waals surface area contributed by atoms with E-state index in [-0.39, 0.29) is 5.15 Å². The highest BCUT2D eigenvalue weighted by atomic mass is 35.5. The summed E-state index contributed by atoms with van der Waals surface area (Å²) >= 11 is 18.0. The molecule has 0 saturated carbocycles. The molecular weight excluding hydrogens is 329 g/mol. The Hall–Kier alpha value is -1.55. The van der Waals surface area contributed by atoms with Crippen molar-refractivity contribution in [3.63, 3.8) is 0 Å². The summed E-state index contributed by atoms with van der Waals surface area (Å²) in [4.78, 5) is 8.71. The average Bonchev–Trinajstić information content (AvgIpc) is 2.45. The van der Waals surface area contributed by atoms with Crippen molar-refractivity contribution in [3.8, 4) is 0 Å². The number of hydrogen-bond donors (Lipinski definition) is 1. The first-order chi connectivity index (χ1) is 10.0. The minimum Gasteiger partial charge on any atom is -0.337 e. The van der Waals surface area contributed by atoms with Crippen molar-refractivity contribution in [2.24, 2.45) is 0 Å². The molecule has 0 aliphatic carbocycles. The lowest BCUT2D eigenvalue weighted by Gasteiger charge is -2.11. The Labute approximate surface area is 136 Å². The number of nitrogens with zero attached hydrogens (tertiary/aromatic N) is 2. The largest absolute Gasteiger partial charge is 0.337 e. The summed E-state index contributed by atoms with van der Waals surface area (Å²) in [5.41, 5.74) is 2.59. The molecule has 0 aliphatic rings. The molecular formula is C15H10Cl3N3. The number of nitrogens with one attached hydrogen (secondary N) is 1. The van der Waals surface area contributed by atoms with E-state index >= 15 is 0 Å². The number of benzene rings is 1. The number of anilines is 2. The van der Waals surface area contributed by atoms with E-state index in [2.05, 4.69) is 15.3 Å². The van der Waals surface area contributed by atoms with E-state index in [1.807, 2.05) is 37.3 Å². The van der Waals surface area contributed by atoms with Gasteiger partial charge >= 0.3 is 0 Å². The first-order valence-corrected chi connectivity index (χ1v) is 7.33. The molecule has 0 aliphatic heterocycles. The molecule has 3 aromatic rings. The predicted octanol–water partition coefficient (Wildman–Crippen LogP) is 5.64. The number of aromatic nitrogens is 2. The molecule has 3 rings (SSSR count). The third-order valence-corrected chi connectivity index (χ3v) is 3.96. The maximum atomic E-state index is 6.15. The standard InChI is InChI=1S/C15H10Cl3N3/c1-8-5-6-9-3-2-4-12(13(9)19-8)20-15-11(17)7-10(16)14(18)21-15/h2-7H,1H3,(H,20,21). The number of pyridine rings is 2. The highest BCUT2D eigenvalue weighted by Gasteiger charge is 2.10. The summed E-state index contributed by atoms with van der Waals surface area (Å²) in [5, 5.41) is 5.11. The minimum absolute atomic E-state index is 0.202. The lowest BCUT2D eigenvalue weighted by molar-refractivity contribution is 1.25. The molecule has 0 saturated heterocycles. The van der Waals surface area contributed by atoms with Gasteiger partial charge in [0.05, 0.1) is 21.2 Å². The van der Waals surface area contributed by atoms with Crippen molar-refractivity contribution < 1.29 is 0 Å². The van der Waals surface area contributed by atoms with E-state index in [1.54, 1.807) is 6.07 Å². The van der Waals surface area contributed by atoms with Crippen molar-refractivity contribution in [1.82, 2.24) is 9.97 Å². The lowest BCUT2D eigenvalue weighted by Crippen LogP contribution is -1.97. The Morgan fingerprint density at radius 3 is 2.57 bits per heavy atom. The van der Waals surface area contributed by atoms with Gasteiger partial charge in [-0.25, -0.2) is 4.98 Å². The maximum Gasteiger partial charge on any atom is 0.151 e. The van der Waals surface area contributed by atoms with E-state index in [9.17, 15) is 0 Å². The van der Waals surface area contributed by atoms with Crippen LogP contribution >= 0.6 is 34.8 Å². The summed E-state index contributed by atoms with van der Waals surface area (Å²) in [7, 11) is 0. The second-order valence-electron chi connectivity index (χ2n) is 4.55. The zero-order valence-corrected chi connectivity index (χ0v) is 13.3. The van der Waals surface area contributed by atoms with Crippen LogP contribution in [0.25, 0.3) is 10.9 Å². The molecule has 0 spiro atoms. The van der Waals surface area contributed by atoms with Gasteiger partial charge in [0.15, 0.2) is 5.82 Å². The molecule has 2 aromatic heterocycles. The van der Waals surface area contributed by atoms with E-state index in [1.165, 1.54) is 0 Å². The molecule has 2 heterocycles. The molecule has 1 N–H and O–H groups in total. The number of rotatable bonds is 2. The van der Waals surface area contributed by atoms with Crippen molar-refractivity contribution >= 4 is 57.2 Å². The normalized spacial score (nSPS) is 10.9. The first kappa shape index (κ1) is 14.4. The van der Waals surface area contributed by atoms with Crippen LogP contribution in [0.15, 0.2) is 36.4 Å². The van der Waals surface area contributed by atoms with Crippen LogP contribution in [0.5, 0.6) is 0 Å². The van der Waals surface area contributed by atoms with E-state index in [0.717, 1.165) is 22.3 Å². The summed E-state index contributed by atoms with van der Waals surface area (Å²) in [6.45, 7) is 1.95. The first-order valence-electron chi connectivity index (χ1n) is 6.19. The van der Waals surface area contributed by atoms with Crippen molar-refractivity contribution in [3.05, 3.63) is 57.3 Å². The van der Waals surface area contributed by atoms with Crippen LogP contribution < -0.4 is 5.32 Å². The lowest BCUT2D eigenvalue weighted by atomic mass is 10.1. The number of para-hydroxylation sites is 1. The average molecular weight is 339 g/mol. The molecule has 106 valence electrons. The quantitative estimate of drug-likeness (QED) is 0.614. The van der Waals surface area contributed by atoms with Crippen LogP contribution in [0.4, 0.5) is 11.5 Å². The molecule has 0 unspecified atom stereocenters. The maximum absolute atomic E-state index is 6.15. The highest BCUT2D eigenvalue weighted by Crippen LogP contribution is 2.32. The van der Waals surface area contributed by atoms with Crippen LogP contribution in [0.3, 0.4) is 0 Å². The van der Waals surface area contributed by atoms with Gasteiger partial charge in [-0.05, 0) is 25.1 Å². The van der Waals surface area contributed by atoms with Crippen LogP contribution in [-0.2, 0) is 0 Å². The Morgan fingerprint density at radius 1 is 0.952 bits per heavy atom. The molecule has 1 aromatic carbocycles. The fraction of sp³-hybridized carbons (Fsp3) is 0.0667. The molecule has 0 atom stereocenters. The van der Waals surface area contributed by atoms with E-state index < -0.39 is 0 Å². The van der Waals surface area contributed by atoms with Crippen LogP contribution in [0.2, 0.25) is 15.2 Å². The van der Waals surface area contributed by atoms with Gasteiger partial charge in [-0.1, -0.05) is 53.0 Å². The van der Waals surface area contributed by atoms with Gasteiger partial charge in [0, 0.05) is 11.1 Å². The van der Waals surface area contributed by atoms with Crippen molar-refractivity contribution in [2.45, 2.75) is 6.92 Å². The van der Waals surface area contributed by atoms with Crippen molar-refractivity contribution in [2.75, 3.05) is 5.32 Å². The summed E-state index contributed by atoms with van der Waals surface area (Å²) in [6.07, 6.45) is 0. The van der Waals surface area contributed by atoms with Gasteiger partial charge in [0.2, 0.25) is 0 Å². The van der Waals surface area contributed by atoms with E-state index in [4.69, 9.17) is 34.8 Å². The summed E-state index contributed by atoms with van der Waals surface area (Å²) in [6, 6.07) is 11.4. The van der Waals surface area contributed by atoms with Gasteiger partial charge in [0.1, 0.15) is 5.15 Å². The molecule has 0 amide bonds. The third kappa shape index (κ3) is 2.91. The Balaban J connectivity index is 2.10. The molecule has 0 radical (unpaired) electrons. The highest BCUT2D eigenvalue weighted by molar-refractivity contribution is 6.43. The number of halogens is 3. The minimum atomic E-state index is 0.202. The van der Waals surface area contributed by atoms with Crippen LogP contribution in [0.1, 0.15) is 5.69 Å². The summed E-state index contributed by atoms with van der Waals surface area (Å²) in [5.74, 6) is 0.446. The second-order valence-corrected chi connectivity index (χ2v) is 5.72. The molecule has 0 fully saturated rings. The fourth-order valence-corrected chi connectivity index (χ4v) is 2.55. The van der Waals surface area contributed by atoms with Crippen molar-refractivity contribution in [1.29, 1.82) is 0 Å². The smallest absolute Gasteiger partial charge is 0.151 e. The summed E-state index contributed by atoms with van der Waals surface area (Å²) < 4.78 is 0. The van der Waals surface area contributed by atoms with Gasteiger partial charge < -0.3 is 5.32 Å². The molecule has 6 heteroatoms. The number of hydrogen-bond acceptors (Lipinski definition) is 3. The Kier molecular flexibility index (Phi) is 3.89. The second kappa shape index (κ2) is 5.68. The fourth-order valence-electron chi connectivity index (χ4n) is 2.00. The van der Waals surface area contributed by atoms with Gasteiger partial charge in [-0.2, -0.15) is 0 Å². The zero-order valence-electron chi connectivity index (χ0n) is 11.0. The van der Waals surface area contributed by atoms with Crippen LogP contribution in [-0.4, -0.2) is 9.97 Å². The SMILES string of the molecule is Cc1ccc2cccc(Nc3nc(Cl)c(Cl)cc3Cl)c2n1. The topological polar surface area (TPSA) is 37.8 Å². The van der Waals surface area contributed by atoms with Gasteiger partial charge in [-0.15, -0.1) is 0 Å². The molecule has 21 heavy (non-hydrogen) atoms. The van der Waals surface area contributed by atoms with Crippen LogP contribution in [0, 0.1) is 6.92 Å². The molecule has 0 bridgehead atoms. The van der Waals surface area contributed by atoms with Gasteiger partial charge in [-0.3, -0.25) is 4.98 Å². The monoisotopic (exact) mass is 337 g/mol. The Morgan fingerprint density at radius 2 is 1.76 bits per heavy atom. The number of aryl methyl sites for hydroxylation is 1. The Bertz CT molecular complexity index is 834.